The SMILES string of the molecule is CC(C)=Cc1nc(N2CCCC2)n(C2CC2)n1. The van der Waals surface area contributed by atoms with E-state index in [4.69, 9.17) is 4.98 Å². The summed E-state index contributed by atoms with van der Waals surface area (Å²) in [6.45, 7) is 6.46. The molecule has 0 aromatic carbocycles. The lowest BCUT2D eigenvalue weighted by Gasteiger charge is -2.16. The smallest absolute Gasteiger partial charge is 0.224 e. The minimum absolute atomic E-state index is 0.609. The molecule has 0 radical (unpaired) electrons. The maximum atomic E-state index is 4.70. The van der Waals surface area contributed by atoms with Gasteiger partial charge >= 0.3 is 0 Å². The van der Waals surface area contributed by atoms with Gasteiger partial charge in [-0.05, 0) is 45.6 Å². The van der Waals surface area contributed by atoms with Crippen LogP contribution < -0.4 is 4.90 Å². The molecule has 1 aromatic rings. The number of allylic oxidation sites excluding steroid dienone is 1. The van der Waals surface area contributed by atoms with E-state index in [2.05, 4.69) is 34.6 Å². The summed E-state index contributed by atoms with van der Waals surface area (Å²) in [7, 11) is 0. The maximum absolute atomic E-state index is 4.70. The monoisotopic (exact) mass is 232 g/mol. The molecule has 0 bridgehead atoms. The molecule has 2 fully saturated rings. The fourth-order valence-corrected chi connectivity index (χ4v) is 2.35. The first-order valence-corrected chi connectivity index (χ1v) is 6.60. The molecule has 1 aromatic heterocycles. The fraction of sp³-hybridized carbons (Fsp3) is 0.692. The molecule has 1 saturated carbocycles. The largest absolute Gasteiger partial charge is 0.341 e. The van der Waals surface area contributed by atoms with Gasteiger partial charge in [-0.1, -0.05) is 5.57 Å². The molecule has 0 atom stereocenters. The van der Waals surface area contributed by atoms with Crippen LogP contribution >= 0.6 is 0 Å². The first kappa shape index (κ1) is 10.8. The Morgan fingerprint density at radius 1 is 1.24 bits per heavy atom. The Morgan fingerprint density at radius 2 is 1.94 bits per heavy atom. The number of anilines is 1. The highest BCUT2D eigenvalue weighted by atomic mass is 15.5. The zero-order valence-electron chi connectivity index (χ0n) is 10.7. The second-order valence-electron chi connectivity index (χ2n) is 5.36. The quantitative estimate of drug-likeness (QED) is 0.803. The van der Waals surface area contributed by atoms with Crippen molar-refractivity contribution >= 4 is 12.0 Å². The Labute approximate surface area is 102 Å². The van der Waals surface area contributed by atoms with Gasteiger partial charge in [0.2, 0.25) is 5.95 Å². The van der Waals surface area contributed by atoms with Crippen LogP contribution in [-0.2, 0) is 0 Å². The molecule has 4 heteroatoms. The standard InChI is InChI=1S/C13H20N4/c1-10(2)9-12-14-13(16-7-3-4-8-16)17(15-12)11-5-6-11/h9,11H,3-8H2,1-2H3. The van der Waals surface area contributed by atoms with Crippen LogP contribution in [0.5, 0.6) is 0 Å². The summed E-state index contributed by atoms with van der Waals surface area (Å²) >= 11 is 0. The molecular weight excluding hydrogens is 212 g/mol. The summed E-state index contributed by atoms with van der Waals surface area (Å²) in [4.78, 5) is 7.08. The van der Waals surface area contributed by atoms with Crippen molar-refractivity contribution in [3.8, 4) is 0 Å². The molecule has 2 heterocycles. The number of hydrogen-bond donors (Lipinski definition) is 0. The Kier molecular flexibility index (Phi) is 2.65. The third kappa shape index (κ3) is 2.21. The molecule has 4 nitrogen and oxygen atoms in total. The van der Waals surface area contributed by atoms with Gasteiger partial charge in [-0.2, -0.15) is 4.98 Å². The molecule has 92 valence electrons. The summed E-state index contributed by atoms with van der Waals surface area (Å²) in [6, 6.07) is 0.609. The topological polar surface area (TPSA) is 34.0 Å². The second kappa shape index (κ2) is 4.17. The van der Waals surface area contributed by atoms with Gasteiger partial charge in [0.25, 0.3) is 0 Å². The maximum Gasteiger partial charge on any atom is 0.224 e. The summed E-state index contributed by atoms with van der Waals surface area (Å²) < 4.78 is 2.15. The Balaban J connectivity index is 1.93. The van der Waals surface area contributed by atoms with E-state index in [1.54, 1.807) is 0 Å². The van der Waals surface area contributed by atoms with E-state index in [9.17, 15) is 0 Å². The van der Waals surface area contributed by atoms with Crippen LogP contribution in [-0.4, -0.2) is 27.9 Å². The van der Waals surface area contributed by atoms with Crippen molar-refractivity contribution in [1.82, 2.24) is 14.8 Å². The van der Waals surface area contributed by atoms with Crippen molar-refractivity contribution in [3.05, 3.63) is 11.4 Å². The molecule has 0 N–H and O–H groups in total. The van der Waals surface area contributed by atoms with Crippen LogP contribution in [0.2, 0.25) is 0 Å². The number of hydrogen-bond acceptors (Lipinski definition) is 3. The minimum atomic E-state index is 0.609. The molecule has 1 aliphatic carbocycles. The van der Waals surface area contributed by atoms with Crippen molar-refractivity contribution < 1.29 is 0 Å². The fourth-order valence-electron chi connectivity index (χ4n) is 2.35. The average molecular weight is 232 g/mol. The van der Waals surface area contributed by atoms with Gasteiger partial charge in [0.1, 0.15) is 0 Å². The zero-order valence-corrected chi connectivity index (χ0v) is 10.7. The van der Waals surface area contributed by atoms with Crippen LogP contribution in [0.25, 0.3) is 6.08 Å². The van der Waals surface area contributed by atoms with Crippen LogP contribution in [0.3, 0.4) is 0 Å². The zero-order chi connectivity index (χ0) is 11.8. The highest BCUT2D eigenvalue weighted by Gasteiger charge is 2.30. The third-order valence-corrected chi connectivity index (χ3v) is 3.33. The van der Waals surface area contributed by atoms with Crippen LogP contribution in [0, 0.1) is 0 Å². The van der Waals surface area contributed by atoms with Crippen LogP contribution in [0.1, 0.15) is 51.4 Å². The van der Waals surface area contributed by atoms with E-state index >= 15 is 0 Å². The van der Waals surface area contributed by atoms with Gasteiger partial charge in [0.05, 0.1) is 6.04 Å². The molecular formula is C13H20N4. The van der Waals surface area contributed by atoms with E-state index in [-0.39, 0.29) is 0 Å². The first-order valence-electron chi connectivity index (χ1n) is 6.60. The third-order valence-electron chi connectivity index (χ3n) is 3.33. The van der Waals surface area contributed by atoms with Crippen molar-refractivity contribution in [1.29, 1.82) is 0 Å². The number of rotatable bonds is 3. The van der Waals surface area contributed by atoms with Gasteiger partial charge < -0.3 is 4.90 Å². The summed E-state index contributed by atoms with van der Waals surface area (Å²) in [5, 5.41) is 4.64. The van der Waals surface area contributed by atoms with Crippen LogP contribution in [0.4, 0.5) is 5.95 Å². The second-order valence-corrected chi connectivity index (χ2v) is 5.36. The van der Waals surface area contributed by atoms with Gasteiger partial charge in [-0.3, -0.25) is 0 Å². The van der Waals surface area contributed by atoms with Crippen molar-refractivity contribution in [2.75, 3.05) is 18.0 Å². The highest BCUT2D eigenvalue weighted by Crippen LogP contribution is 2.37. The van der Waals surface area contributed by atoms with Crippen molar-refractivity contribution in [2.24, 2.45) is 0 Å². The molecule has 1 saturated heterocycles. The molecule has 17 heavy (non-hydrogen) atoms. The minimum Gasteiger partial charge on any atom is -0.341 e. The van der Waals surface area contributed by atoms with Crippen molar-refractivity contribution in [3.63, 3.8) is 0 Å². The van der Waals surface area contributed by atoms with E-state index in [0.717, 1.165) is 24.9 Å². The number of aromatic nitrogens is 3. The van der Waals surface area contributed by atoms with Gasteiger partial charge in [-0.25, -0.2) is 4.68 Å². The Bertz CT molecular complexity index is 432. The molecule has 0 spiro atoms. The predicted octanol–water partition coefficient (Wildman–Crippen LogP) is 2.64. The van der Waals surface area contributed by atoms with Gasteiger partial charge in [-0.15, -0.1) is 5.10 Å². The van der Waals surface area contributed by atoms with Crippen LogP contribution in [0.15, 0.2) is 5.57 Å². The normalized spacial score (nSPS) is 19.8. The summed E-state index contributed by atoms with van der Waals surface area (Å²) in [6.07, 6.45) is 7.17. The van der Waals surface area contributed by atoms with Gasteiger partial charge in [0, 0.05) is 13.1 Å². The number of nitrogens with zero attached hydrogens (tertiary/aromatic N) is 4. The molecule has 1 aliphatic heterocycles. The van der Waals surface area contributed by atoms with E-state index in [0.29, 0.717) is 6.04 Å². The Hall–Kier alpha value is -1.32. The van der Waals surface area contributed by atoms with E-state index < -0.39 is 0 Å². The molecule has 0 unspecified atom stereocenters. The van der Waals surface area contributed by atoms with E-state index in [1.807, 2.05) is 0 Å². The lowest BCUT2D eigenvalue weighted by Crippen LogP contribution is -2.22. The highest BCUT2D eigenvalue weighted by molar-refractivity contribution is 5.47. The lowest BCUT2D eigenvalue weighted by molar-refractivity contribution is 0.627. The Morgan fingerprint density at radius 3 is 2.53 bits per heavy atom. The molecule has 0 amide bonds. The van der Waals surface area contributed by atoms with E-state index in [1.165, 1.54) is 31.3 Å². The van der Waals surface area contributed by atoms with Crippen molar-refractivity contribution in [2.45, 2.75) is 45.6 Å². The first-order chi connectivity index (χ1) is 8.24. The summed E-state index contributed by atoms with van der Waals surface area (Å²) in [5.74, 6) is 1.97. The van der Waals surface area contributed by atoms with Gasteiger partial charge in [0.15, 0.2) is 5.82 Å². The predicted molar refractivity (Wildman–Crippen MR) is 69.1 cm³/mol. The summed E-state index contributed by atoms with van der Waals surface area (Å²) in [5.41, 5.74) is 1.26. The average Bonchev–Trinajstić information content (AvgIpc) is 2.83. The lowest BCUT2D eigenvalue weighted by atomic mass is 10.3. The molecule has 2 aliphatic rings. The molecule has 3 rings (SSSR count).